The number of rotatable bonds is 16. The van der Waals surface area contributed by atoms with E-state index >= 15 is 4.39 Å². The van der Waals surface area contributed by atoms with Gasteiger partial charge in [-0.3, -0.25) is 19.5 Å². The normalized spacial score (nSPS) is 24.6. The first-order valence-corrected chi connectivity index (χ1v) is 31.9. The van der Waals surface area contributed by atoms with Gasteiger partial charge in [-0.2, -0.15) is 9.97 Å². The molecule has 0 radical (unpaired) electrons. The van der Waals surface area contributed by atoms with Crippen molar-refractivity contribution in [3.8, 4) is 33.5 Å². The number of hydrogen-bond acceptors (Lipinski definition) is 18. The maximum absolute atomic E-state index is 17.4. The van der Waals surface area contributed by atoms with Crippen molar-refractivity contribution in [3.63, 3.8) is 0 Å². The Balaban J connectivity index is 0.642. The molecule has 4 aromatic heterocycles. The molecule has 10 heterocycles. The van der Waals surface area contributed by atoms with Crippen LogP contribution in [-0.2, 0) is 20.7 Å². The predicted molar refractivity (Wildman–Crippen MR) is 329 cm³/mol. The highest BCUT2D eigenvalue weighted by Gasteiger charge is 2.51. The lowest BCUT2D eigenvalue weighted by Gasteiger charge is -2.39. The van der Waals surface area contributed by atoms with Gasteiger partial charge in [0.2, 0.25) is 11.8 Å². The molecular formula is C65H77FN12O8S. The lowest BCUT2D eigenvalue weighted by molar-refractivity contribution is -0.141. The number of aromatic hydroxyl groups is 1. The summed E-state index contributed by atoms with van der Waals surface area (Å²) in [6, 6.07) is 18.2. The smallest absolute Gasteiger partial charge is 0.410 e. The number of fused-ring (bicyclic) bond motifs is 5. The lowest BCUT2D eigenvalue weighted by atomic mass is 9.91. The number of phenols is 1. The third-order valence-corrected chi connectivity index (χ3v) is 20.3. The Morgan fingerprint density at radius 3 is 2.49 bits per heavy atom. The summed E-state index contributed by atoms with van der Waals surface area (Å²) in [6.07, 6.45) is 6.81. The molecule has 0 aliphatic carbocycles. The van der Waals surface area contributed by atoms with Gasteiger partial charge in [0, 0.05) is 87.7 Å². The van der Waals surface area contributed by atoms with Crippen molar-refractivity contribution >= 4 is 62.6 Å². The van der Waals surface area contributed by atoms with Crippen LogP contribution >= 0.6 is 11.3 Å². The number of nitrogens with zero attached hydrogens (tertiary/aromatic N) is 10. The highest BCUT2D eigenvalue weighted by atomic mass is 32.1. The highest BCUT2D eigenvalue weighted by molar-refractivity contribution is 7.13. The topological polar surface area (TPSA) is 228 Å². The van der Waals surface area contributed by atoms with E-state index in [0.29, 0.717) is 79.6 Å². The zero-order chi connectivity index (χ0) is 60.4. The van der Waals surface area contributed by atoms with Crippen LogP contribution in [0.1, 0.15) is 114 Å². The number of aromatic nitrogens is 5. The third-order valence-electron chi connectivity index (χ3n) is 19.3. The number of thiazole rings is 1. The molecule has 2 bridgehead atoms. The van der Waals surface area contributed by atoms with E-state index in [-0.39, 0.29) is 96.6 Å². The predicted octanol–water partition coefficient (Wildman–Crippen LogP) is 8.91. The molecule has 6 fully saturated rings. The summed E-state index contributed by atoms with van der Waals surface area (Å²) in [4.78, 5) is 72.4. The molecule has 20 nitrogen and oxygen atoms in total. The second-order valence-corrected chi connectivity index (χ2v) is 26.2. The molecule has 6 aliphatic rings. The quantitative estimate of drug-likeness (QED) is 0.0708. The fourth-order valence-electron chi connectivity index (χ4n) is 14.8. The Kier molecular flexibility index (Phi) is 16.0. The van der Waals surface area contributed by atoms with Crippen molar-refractivity contribution in [1.82, 2.24) is 50.4 Å². The highest BCUT2D eigenvalue weighted by Crippen LogP contribution is 2.44. The molecule has 22 heteroatoms. The Bertz CT molecular complexity index is 3720. The monoisotopic (exact) mass is 1200 g/mol. The second kappa shape index (κ2) is 23.9. The first kappa shape index (κ1) is 58.5. The Morgan fingerprint density at radius 1 is 0.943 bits per heavy atom. The number of amides is 3. The number of benzene rings is 3. The van der Waals surface area contributed by atoms with Gasteiger partial charge < -0.3 is 54.4 Å². The van der Waals surface area contributed by atoms with E-state index in [1.54, 1.807) is 40.6 Å². The van der Waals surface area contributed by atoms with Crippen molar-refractivity contribution in [3.05, 3.63) is 101 Å². The molecule has 2 unspecified atom stereocenters. The van der Waals surface area contributed by atoms with E-state index in [9.17, 15) is 24.6 Å². The molecule has 6 aliphatic heterocycles. The third kappa shape index (κ3) is 11.2. The van der Waals surface area contributed by atoms with Crippen LogP contribution in [0.3, 0.4) is 0 Å². The molecule has 13 rings (SSSR count). The summed E-state index contributed by atoms with van der Waals surface area (Å²) >= 11 is 1.58. The van der Waals surface area contributed by atoms with Crippen LogP contribution < -0.4 is 25.2 Å². The standard InChI is InChI=1S/C65H77FN12O8S/c1-7-40-10-8-11-43-24-47(79)25-49(55(40)43)57-56(66)58-50(28-67-57)60(75-30-44-16-17-45(31-75)70-44)72-63(71-58)85-34-65-19-9-21-78(65)46(18-20-65)33-84-64(83)76-23-22-74(29-37(76)4)53-27-52(86-73-53)54(36(2)3)62(82)77-32-48(80)26-51(77)61(81)69-38(5)41-12-14-42(15-13-41)59-39(6)68-35-87-59/h8,10-15,24-25,27-28,35-38,44-46,48,51,54,70,79-80H,7,9,16-23,26,29-34H2,1-6H3,(H,69,81)/t37-,38-,44?,45?,46-,48+,51-,54+,65+/m0/s1. The van der Waals surface area contributed by atoms with E-state index < -0.39 is 23.9 Å². The largest absolute Gasteiger partial charge is 0.508 e. The van der Waals surface area contributed by atoms with Gasteiger partial charge in [0.1, 0.15) is 48.0 Å². The number of nitrogens with one attached hydrogen (secondary N) is 2. The number of piperazine rings is 2. The average Bonchev–Trinajstić information content (AvgIpc) is 1.47. The number of anilines is 2. The van der Waals surface area contributed by atoms with Crippen LogP contribution in [0.25, 0.3) is 43.4 Å². The number of phenolic OH excluding ortho intramolecular Hbond substituents is 1. The molecule has 6 saturated heterocycles. The molecular weight excluding hydrogens is 1130 g/mol. The van der Waals surface area contributed by atoms with Crippen molar-refractivity contribution in [2.24, 2.45) is 5.92 Å². The van der Waals surface area contributed by atoms with Gasteiger partial charge >= 0.3 is 12.1 Å². The zero-order valence-electron chi connectivity index (χ0n) is 50.2. The summed E-state index contributed by atoms with van der Waals surface area (Å²) < 4.78 is 36.2. The van der Waals surface area contributed by atoms with Crippen LogP contribution in [0.15, 0.2) is 76.9 Å². The van der Waals surface area contributed by atoms with Gasteiger partial charge in [-0.25, -0.2) is 14.2 Å². The summed E-state index contributed by atoms with van der Waals surface area (Å²) in [5.74, 6) is -0.710. The average molecular weight is 1210 g/mol. The molecule has 0 spiro atoms. The van der Waals surface area contributed by atoms with Crippen LogP contribution in [0, 0.1) is 18.7 Å². The van der Waals surface area contributed by atoms with Crippen LogP contribution in [0.2, 0.25) is 0 Å². The van der Waals surface area contributed by atoms with Crippen molar-refractivity contribution in [2.45, 2.75) is 147 Å². The first-order chi connectivity index (χ1) is 42.0. The first-order valence-electron chi connectivity index (χ1n) is 31.0. The van der Waals surface area contributed by atoms with Crippen molar-refractivity contribution in [1.29, 1.82) is 0 Å². The molecule has 9 atom stereocenters. The number of aliphatic hydroxyl groups excluding tert-OH is 1. The number of carbonyl (C=O) groups excluding carboxylic acids is 3. The molecule has 7 aromatic rings. The minimum atomic E-state index is -0.869. The number of pyridine rings is 1. The SMILES string of the molecule is CCc1cccc2cc(O)cc(-c3ncc4c(N5CC6CCC(C5)N6)nc(OC[C@]56CCCN5[C@H](COC(=O)N5CCN(c7cc([C@H](C(=O)N8C[C@H](O)C[C@H]8C(=O)N[C@@H](C)c8ccc(-c9scnc9C)cc8)C(C)C)on7)C[C@@H]5C)CC6)nc4c3F)c12. The fraction of sp³-hybridized carbons (Fsp3) is 0.508. The molecule has 4 N–H and O–H groups in total. The van der Waals surface area contributed by atoms with E-state index in [2.05, 4.69) is 37.5 Å². The van der Waals surface area contributed by atoms with Crippen molar-refractivity contribution < 1.29 is 43.0 Å². The van der Waals surface area contributed by atoms with Gasteiger partial charge in [-0.05, 0) is 118 Å². The van der Waals surface area contributed by atoms with E-state index in [4.69, 9.17) is 28.9 Å². The summed E-state index contributed by atoms with van der Waals surface area (Å²) in [5, 5.41) is 35.1. The van der Waals surface area contributed by atoms with Crippen LogP contribution in [-0.4, -0.2) is 169 Å². The maximum atomic E-state index is 17.4. The number of likely N-dealkylation sites (tertiary alicyclic amines) is 1. The van der Waals surface area contributed by atoms with Gasteiger partial charge in [-0.15, -0.1) is 11.3 Å². The Morgan fingerprint density at radius 2 is 1.75 bits per heavy atom. The van der Waals surface area contributed by atoms with Gasteiger partial charge in [0.05, 0.1) is 39.2 Å². The minimum Gasteiger partial charge on any atom is -0.508 e. The Hall–Kier alpha value is -7.53. The number of aliphatic hydroxyl groups is 1. The molecule has 0 saturated carbocycles. The van der Waals surface area contributed by atoms with Gasteiger partial charge in [0.25, 0.3) is 0 Å². The van der Waals surface area contributed by atoms with Gasteiger partial charge in [-0.1, -0.05) is 68.4 Å². The molecule has 458 valence electrons. The minimum absolute atomic E-state index is 0.0215. The van der Waals surface area contributed by atoms with E-state index in [0.717, 1.165) is 83.1 Å². The van der Waals surface area contributed by atoms with Crippen LogP contribution in [0.4, 0.5) is 20.8 Å². The zero-order valence-corrected chi connectivity index (χ0v) is 51.1. The van der Waals surface area contributed by atoms with Crippen LogP contribution in [0.5, 0.6) is 11.8 Å². The summed E-state index contributed by atoms with van der Waals surface area (Å²) in [5.41, 5.74) is 6.15. The fourth-order valence-corrected chi connectivity index (χ4v) is 15.6. The number of aryl methyl sites for hydroxylation is 2. The van der Waals surface area contributed by atoms with E-state index in [1.807, 2.05) is 87.5 Å². The summed E-state index contributed by atoms with van der Waals surface area (Å²) in [7, 11) is 0. The maximum Gasteiger partial charge on any atom is 0.410 e. The molecule has 3 amide bonds. The van der Waals surface area contributed by atoms with E-state index in [1.165, 1.54) is 4.90 Å². The van der Waals surface area contributed by atoms with Crippen molar-refractivity contribution in [2.75, 3.05) is 68.8 Å². The van der Waals surface area contributed by atoms with Gasteiger partial charge in [0.15, 0.2) is 17.4 Å². The molecule has 3 aromatic carbocycles. The number of β-amino-alcohol motifs (C(OH)–C–C–N with tert-alkyl or cyclic N) is 1. The Labute approximate surface area is 509 Å². The number of carbonyl (C=O) groups is 3. The second-order valence-electron chi connectivity index (χ2n) is 25.3. The number of hydrogen-bond donors (Lipinski definition) is 4. The molecule has 87 heavy (non-hydrogen) atoms. The lowest BCUT2D eigenvalue weighted by Crippen LogP contribution is -2.55. The summed E-state index contributed by atoms with van der Waals surface area (Å²) in [6.45, 7) is 15.8. The number of ether oxygens (including phenoxy) is 2. The number of halogens is 1.